The molecule has 0 unspecified atom stereocenters. The van der Waals surface area contributed by atoms with Crippen LogP contribution < -0.4 is 15.5 Å². The van der Waals surface area contributed by atoms with Gasteiger partial charge in [-0.25, -0.2) is 0 Å². The predicted octanol–water partition coefficient (Wildman–Crippen LogP) is 16.0. The number of nitrogens with zero attached hydrogens (tertiary/aromatic N) is 2. The Morgan fingerprint density at radius 1 is 0.339 bits per heavy atom. The van der Waals surface area contributed by atoms with Gasteiger partial charge in [-0.1, -0.05) is 128 Å². The van der Waals surface area contributed by atoms with E-state index in [9.17, 15) is 0 Å². The molecule has 0 spiro atoms. The maximum atomic E-state index is 7.11. The number of nitrogen functional groups attached to an aromatic ring is 1. The zero-order valence-corrected chi connectivity index (χ0v) is 34.0. The summed E-state index contributed by atoms with van der Waals surface area (Å²) >= 11 is 14.7. The Bertz CT molecular complexity index is 2580. The van der Waals surface area contributed by atoms with Crippen molar-refractivity contribution in [3.8, 4) is 22.3 Å². The van der Waals surface area contributed by atoms with E-state index in [4.69, 9.17) is 17.3 Å². The number of anilines is 7. The smallest absolute Gasteiger partial charge is 0.0475 e. The number of fused-ring (bicyclic) bond motifs is 2. The molecule has 3 nitrogen and oxygen atoms in total. The average molecular weight is 872 g/mol. The lowest BCUT2D eigenvalue weighted by Crippen LogP contribution is -2.09. The highest BCUT2D eigenvalue weighted by molar-refractivity contribution is 9.11. The Labute approximate surface area is 348 Å². The highest BCUT2D eigenvalue weighted by Gasteiger charge is 2.19. The lowest BCUT2D eigenvalue weighted by molar-refractivity contribution is 1.29. The van der Waals surface area contributed by atoms with Crippen LogP contribution in [-0.2, 0) is 0 Å². The van der Waals surface area contributed by atoms with Crippen LogP contribution >= 0.6 is 43.5 Å². The van der Waals surface area contributed by atoms with Gasteiger partial charge in [-0.15, -0.1) is 0 Å². The van der Waals surface area contributed by atoms with Crippen LogP contribution in [0.3, 0.4) is 0 Å². The molecular weight excluding hydrogens is 838 g/mol. The minimum absolute atomic E-state index is 0.608. The van der Waals surface area contributed by atoms with Gasteiger partial charge in [0.05, 0.1) is 0 Å². The highest BCUT2D eigenvalue weighted by atomic mass is 79.9. The molecule has 0 atom stereocenters. The summed E-state index contributed by atoms with van der Waals surface area (Å²) in [6.07, 6.45) is 0. The van der Waals surface area contributed by atoms with Crippen molar-refractivity contribution in [2.45, 2.75) is 0 Å². The molecule has 0 aliphatic carbocycles. The van der Waals surface area contributed by atoms with Gasteiger partial charge in [0, 0.05) is 64.9 Å². The first-order valence-corrected chi connectivity index (χ1v) is 20.2. The molecule has 0 aliphatic rings. The van der Waals surface area contributed by atoms with E-state index in [1.54, 1.807) is 0 Å². The maximum Gasteiger partial charge on any atom is 0.0475 e. The molecule has 56 heavy (non-hydrogen) atoms. The molecule has 0 saturated heterocycles. The number of hydrogen-bond donors (Lipinski definition) is 1. The minimum Gasteiger partial charge on any atom is -0.398 e. The first-order valence-electron chi connectivity index (χ1n) is 18.3. The van der Waals surface area contributed by atoms with Crippen molar-refractivity contribution in [3.63, 3.8) is 0 Å². The van der Waals surface area contributed by atoms with Crippen LogP contribution in [0.5, 0.6) is 0 Å². The lowest BCUT2D eigenvalue weighted by atomic mass is 9.93. The molecule has 2 N–H and O–H groups in total. The fourth-order valence-corrected chi connectivity index (χ4v) is 8.84. The summed E-state index contributed by atoms with van der Waals surface area (Å²) in [4.78, 5) is 4.54. The summed E-state index contributed by atoms with van der Waals surface area (Å²) < 4.78 is 1.86. The lowest BCUT2D eigenvalue weighted by Gasteiger charge is -2.26. The van der Waals surface area contributed by atoms with Crippen LogP contribution in [0, 0.1) is 0 Å². The van der Waals surface area contributed by atoms with Crippen LogP contribution in [0.25, 0.3) is 43.8 Å². The van der Waals surface area contributed by atoms with Gasteiger partial charge in [0.25, 0.3) is 0 Å². The van der Waals surface area contributed by atoms with E-state index < -0.39 is 0 Å². The van der Waals surface area contributed by atoms with Gasteiger partial charge in [-0.05, 0) is 142 Å². The van der Waals surface area contributed by atoms with Crippen LogP contribution in [0.4, 0.5) is 39.8 Å². The summed E-state index contributed by atoms with van der Waals surface area (Å²) in [6.45, 7) is 0. The van der Waals surface area contributed by atoms with E-state index >= 15 is 0 Å². The zero-order valence-electron chi connectivity index (χ0n) is 30.1. The van der Waals surface area contributed by atoms with Crippen molar-refractivity contribution in [1.29, 1.82) is 0 Å². The van der Waals surface area contributed by atoms with Gasteiger partial charge in [0.15, 0.2) is 0 Å². The van der Waals surface area contributed by atoms with Gasteiger partial charge in [0.2, 0.25) is 0 Å². The number of rotatable bonds is 8. The first-order chi connectivity index (χ1) is 27.4. The van der Waals surface area contributed by atoms with Crippen molar-refractivity contribution < 1.29 is 0 Å². The second-order valence-electron chi connectivity index (χ2n) is 13.7. The molecule has 9 aromatic rings. The topological polar surface area (TPSA) is 32.5 Å². The molecule has 0 amide bonds. The monoisotopic (exact) mass is 869 g/mol. The van der Waals surface area contributed by atoms with Crippen molar-refractivity contribution >= 4 is 105 Å². The number of benzene rings is 9. The zero-order chi connectivity index (χ0) is 38.2. The third-order valence-electron chi connectivity index (χ3n) is 10.1. The molecule has 0 fully saturated rings. The van der Waals surface area contributed by atoms with Gasteiger partial charge >= 0.3 is 0 Å². The summed E-state index contributed by atoms with van der Waals surface area (Å²) in [5.41, 5.74) is 17.9. The molecule has 0 heterocycles. The first kappa shape index (κ1) is 35.8. The summed E-state index contributed by atoms with van der Waals surface area (Å²) in [6, 6.07) is 67.5. The van der Waals surface area contributed by atoms with Crippen LogP contribution in [-0.4, -0.2) is 0 Å². The van der Waals surface area contributed by atoms with Crippen molar-refractivity contribution in [3.05, 3.63) is 208 Å². The van der Waals surface area contributed by atoms with Crippen molar-refractivity contribution in [2.75, 3.05) is 15.5 Å². The Kier molecular flexibility index (Phi) is 9.82. The molecule has 270 valence electrons. The third kappa shape index (κ3) is 6.94. The van der Waals surface area contributed by atoms with Gasteiger partial charge in [0.1, 0.15) is 0 Å². The molecule has 9 aromatic carbocycles. The summed E-state index contributed by atoms with van der Waals surface area (Å²) in [7, 11) is 0. The molecule has 0 bridgehead atoms. The summed E-state index contributed by atoms with van der Waals surface area (Å²) in [5.74, 6) is 0. The van der Waals surface area contributed by atoms with Gasteiger partial charge in [-0.3, -0.25) is 0 Å². The van der Waals surface area contributed by atoms with Crippen molar-refractivity contribution in [1.82, 2.24) is 0 Å². The molecule has 0 aliphatic heterocycles. The average Bonchev–Trinajstić information content (AvgIpc) is 3.23. The second-order valence-corrected chi connectivity index (χ2v) is 15.8. The maximum absolute atomic E-state index is 7.11. The fourth-order valence-electron chi connectivity index (χ4n) is 7.47. The van der Waals surface area contributed by atoms with Crippen LogP contribution in [0.15, 0.2) is 203 Å². The number of halogens is 3. The van der Waals surface area contributed by atoms with Crippen LogP contribution in [0.2, 0.25) is 5.02 Å². The SMILES string of the molecule is Nc1c(-c2cc3ccc(N(c4ccccc4)c4ccccc4)cc3cc2Br)cc(Cl)cc1-c1cc2ccc(N(c3ccccc3)c3ccccc3)cc2cc1Br. The Morgan fingerprint density at radius 3 is 1.02 bits per heavy atom. The number of hydrogen-bond acceptors (Lipinski definition) is 3. The molecular formula is C50H34Br2ClN3. The Balaban J connectivity index is 1.10. The highest BCUT2D eigenvalue weighted by Crippen LogP contribution is 2.46. The van der Waals surface area contributed by atoms with Gasteiger partial charge < -0.3 is 15.5 Å². The predicted molar refractivity (Wildman–Crippen MR) is 247 cm³/mol. The number of nitrogens with two attached hydrogens (primary N) is 1. The number of para-hydroxylation sites is 4. The molecule has 0 aromatic heterocycles. The van der Waals surface area contributed by atoms with Crippen molar-refractivity contribution in [2.24, 2.45) is 0 Å². The second kappa shape index (κ2) is 15.4. The fraction of sp³-hybridized carbons (Fsp3) is 0. The van der Waals surface area contributed by atoms with Crippen LogP contribution in [0.1, 0.15) is 0 Å². The van der Waals surface area contributed by atoms with E-state index in [-0.39, 0.29) is 0 Å². The van der Waals surface area contributed by atoms with E-state index in [1.807, 2.05) is 36.4 Å². The van der Waals surface area contributed by atoms with E-state index in [1.165, 1.54) is 0 Å². The van der Waals surface area contributed by atoms with E-state index in [2.05, 4.69) is 199 Å². The van der Waals surface area contributed by atoms with E-state index in [0.29, 0.717) is 10.7 Å². The van der Waals surface area contributed by atoms with Gasteiger partial charge in [-0.2, -0.15) is 0 Å². The standard InChI is InChI=1S/C50H34Br2ClN3/c51-48-29-35-25-42(55(38-13-5-1-6-14-38)39-15-7-2-8-16-39)23-21-33(35)27-44(48)46-31-37(53)32-47(50(46)54)45-28-34-22-24-43(26-36(34)30-49(45)52)56(40-17-9-3-10-18-40)41-19-11-4-12-20-41/h1-32H,54H2. The molecule has 6 heteroatoms. The Morgan fingerprint density at radius 2 is 0.679 bits per heavy atom. The quantitative estimate of drug-likeness (QED) is 0.154. The molecule has 0 radical (unpaired) electrons. The minimum atomic E-state index is 0.608. The molecule has 0 saturated carbocycles. The third-order valence-corrected chi connectivity index (χ3v) is 11.6. The van der Waals surface area contributed by atoms with E-state index in [0.717, 1.165) is 86.9 Å². The Hall–Kier alpha value is -5.85. The molecule has 9 rings (SSSR count). The normalized spacial score (nSPS) is 11.2. The summed E-state index contributed by atoms with van der Waals surface area (Å²) in [5, 5.41) is 5.00. The largest absolute Gasteiger partial charge is 0.398 e.